The van der Waals surface area contributed by atoms with Crippen molar-refractivity contribution in [1.29, 1.82) is 0 Å². The Morgan fingerprint density at radius 2 is 1.93 bits per heavy atom. The van der Waals surface area contributed by atoms with E-state index >= 15 is 0 Å². The van der Waals surface area contributed by atoms with Crippen molar-refractivity contribution in [1.82, 2.24) is 15.1 Å². The van der Waals surface area contributed by atoms with Gasteiger partial charge in [0, 0.05) is 17.6 Å². The Hall–Kier alpha value is -2.30. The van der Waals surface area contributed by atoms with Gasteiger partial charge in [-0.1, -0.05) is 23.2 Å². The standard InChI is InChI=1S/C16H18Cl2N4O.C2HF3O2/c1-22-6-2-3-11(9-22)19-15-5-4-13(20-21-15)16-12(18)7-10(17)8-14(16)23;3-2(4,5)1(6)7/h4-5,7-8,11,23H,2-3,6,9H2,1H3,(H,19,21);(H,6,7)/t11-;/m1./s1. The fraction of sp³-hybridized carbons (Fsp3) is 0.389. The highest BCUT2D eigenvalue weighted by Gasteiger charge is 2.38. The number of benzene rings is 1. The van der Waals surface area contributed by atoms with Gasteiger partial charge >= 0.3 is 12.1 Å². The van der Waals surface area contributed by atoms with E-state index in [1.807, 2.05) is 6.07 Å². The van der Waals surface area contributed by atoms with E-state index < -0.39 is 12.1 Å². The summed E-state index contributed by atoms with van der Waals surface area (Å²) in [7, 11) is 2.12. The van der Waals surface area contributed by atoms with Crippen molar-refractivity contribution in [2.24, 2.45) is 0 Å². The molecule has 0 spiro atoms. The highest BCUT2D eigenvalue weighted by Crippen LogP contribution is 2.37. The summed E-state index contributed by atoms with van der Waals surface area (Å²) in [5.41, 5.74) is 0.947. The van der Waals surface area contributed by atoms with E-state index in [-0.39, 0.29) is 5.75 Å². The lowest BCUT2D eigenvalue weighted by Crippen LogP contribution is -2.39. The maximum Gasteiger partial charge on any atom is 0.490 e. The molecule has 0 amide bonds. The number of likely N-dealkylation sites (N-methyl/N-ethyl adjacent to an activating group) is 1. The van der Waals surface area contributed by atoms with Gasteiger partial charge in [-0.3, -0.25) is 0 Å². The van der Waals surface area contributed by atoms with Gasteiger partial charge in [0.15, 0.2) is 0 Å². The first-order valence-corrected chi connectivity index (χ1v) is 9.50. The first-order valence-electron chi connectivity index (χ1n) is 8.74. The van der Waals surface area contributed by atoms with Crippen molar-refractivity contribution in [3.8, 4) is 17.0 Å². The average molecular weight is 467 g/mol. The van der Waals surface area contributed by atoms with E-state index in [0.717, 1.165) is 25.3 Å². The Bertz CT molecular complexity index is 859. The number of aromatic hydroxyl groups is 1. The molecular weight excluding hydrogens is 448 g/mol. The van der Waals surface area contributed by atoms with Crippen LogP contribution in [0.3, 0.4) is 0 Å². The molecule has 1 saturated heterocycles. The van der Waals surface area contributed by atoms with Crippen LogP contribution in [0.15, 0.2) is 24.3 Å². The summed E-state index contributed by atoms with van der Waals surface area (Å²) in [6.07, 6.45) is -2.79. The van der Waals surface area contributed by atoms with Crippen molar-refractivity contribution in [2.75, 3.05) is 25.5 Å². The van der Waals surface area contributed by atoms with Crippen molar-refractivity contribution >= 4 is 35.0 Å². The fourth-order valence-corrected chi connectivity index (χ4v) is 3.43. The summed E-state index contributed by atoms with van der Waals surface area (Å²) in [6, 6.07) is 7.03. The number of halogens is 5. The Balaban J connectivity index is 0.000000396. The van der Waals surface area contributed by atoms with E-state index in [2.05, 4.69) is 27.5 Å². The number of piperidine rings is 1. The normalized spacial score (nSPS) is 17.1. The Kier molecular flexibility index (Phi) is 8.10. The third kappa shape index (κ3) is 6.89. The van der Waals surface area contributed by atoms with Crippen LogP contribution in [-0.2, 0) is 4.79 Å². The lowest BCUT2D eigenvalue weighted by Gasteiger charge is -2.30. The van der Waals surface area contributed by atoms with Crippen LogP contribution >= 0.6 is 23.2 Å². The van der Waals surface area contributed by atoms with Crippen LogP contribution in [0.25, 0.3) is 11.3 Å². The number of carboxylic acid groups (broad SMARTS) is 1. The van der Waals surface area contributed by atoms with Gasteiger partial charge in [0.2, 0.25) is 0 Å². The summed E-state index contributed by atoms with van der Waals surface area (Å²) in [5.74, 6) is -2.04. The minimum absolute atomic E-state index is 0.00795. The van der Waals surface area contributed by atoms with Crippen molar-refractivity contribution in [3.05, 3.63) is 34.3 Å². The molecule has 0 radical (unpaired) electrons. The summed E-state index contributed by atoms with van der Waals surface area (Å²) in [6.45, 7) is 2.13. The van der Waals surface area contributed by atoms with E-state index in [1.165, 1.54) is 12.5 Å². The summed E-state index contributed by atoms with van der Waals surface area (Å²) < 4.78 is 31.7. The molecule has 2 heterocycles. The Morgan fingerprint density at radius 1 is 1.27 bits per heavy atom. The number of hydrogen-bond acceptors (Lipinski definition) is 6. The van der Waals surface area contributed by atoms with Crippen LogP contribution in [0.5, 0.6) is 5.75 Å². The van der Waals surface area contributed by atoms with Crippen molar-refractivity contribution in [3.63, 3.8) is 0 Å². The topological polar surface area (TPSA) is 98.6 Å². The molecule has 0 aliphatic carbocycles. The first kappa shape index (κ1) is 24.0. The minimum atomic E-state index is -5.08. The molecule has 1 fully saturated rings. The van der Waals surface area contributed by atoms with Gasteiger partial charge in [0.1, 0.15) is 11.6 Å². The van der Waals surface area contributed by atoms with Crippen LogP contribution in [0.1, 0.15) is 12.8 Å². The zero-order valence-electron chi connectivity index (χ0n) is 15.7. The van der Waals surface area contributed by atoms with Gasteiger partial charge in [-0.2, -0.15) is 13.2 Å². The lowest BCUT2D eigenvalue weighted by atomic mass is 10.1. The largest absolute Gasteiger partial charge is 0.507 e. The van der Waals surface area contributed by atoms with Gasteiger partial charge in [0.05, 0.1) is 16.3 Å². The maximum absolute atomic E-state index is 10.6. The quantitative estimate of drug-likeness (QED) is 0.620. The molecule has 7 nitrogen and oxygen atoms in total. The van der Waals surface area contributed by atoms with Crippen molar-refractivity contribution in [2.45, 2.75) is 25.1 Å². The highest BCUT2D eigenvalue weighted by atomic mass is 35.5. The molecule has 1 aliphatic rings. The zero-order chi connectivity index (χ0) is 22.5. The van der Waals surface area contributed by atoms with E-state index in [0.29, 0.717) is 27.3 Å². The number of hydrogen-bond donors (Lipinski definition) is 3. The predicted molar refractivity (Wildman–Crippen MR) is 107 cm³/mol. The molecule has 2 aromatic rings. The number of carboxylic acids is 1. The minimum Gasteiger partial charge on any atom is -0.507 e. The Labute approximate surface area is 180 Å². The molecule has 0 unspecified atom stereocenters. The molecule has 30 heavy (non-hydrogen) atoms. The third-order valence-electron chi connectivity index (χ3n) is 4.17. The number of aromatic nitrogens is 2. The maximum atomic E-state index is 10.6. The highest BCUT2D eigenvalue weighted by molar-refractivity contribution is 6.36. The van der Waals surface area contributed by atoms with E-state index in [1.54, 1.807) is 12.1 Å². The number of phenols is 1. The number of alkyl halides is 3. The fourth-order valence-electron chi connectivity index (χ4n) is 2.85. The second-order valence-corrected chi connectivity index (χ2v) is 7.48. The lowest BCUT2D eigenvalue weighted by molar-refractivity contribution is -0.192. The Morgan fingerprint density at radius 3 is 2.43 bits per heavy atom. The smallest absolute Gasteiger partial charge is 0.490 e. The summed E-state index contributed by atoms with van der Waals surface area (Å²) in [4.78, 5) is 11.2. The predicted octanol–water partition coefficient (Wildman–Crippen LogP) is 4.30. The second kappa shape index (κ2) is 10.1. The molecule has 3 N–H and O–H groups in total. The molecule has 3 rings (SSSR count). The second-order valence-electron chi connectivity index (χ2n) is 6.63. The first-order chi connectivity index (χ1) is 14.0. The van der Waals surface area contributed by atoms with Gasteiger partial charge in [-0.15, -0.1) is 10.2 Å². The molecule has 0 bridgehead atoms. The van der Waals surface area contributed by atoms with E-state index in [9.17, 15) is 18.3 Å². The molecule has 1 aromatic carbocycles. The van der Waals surface area contributed by atoms with Crippen molar-refractivity contribution < 1.29 is 28.2 Å². The molecule has 1 atom stereocenters. The summed E-state index contributed by atoms with van der Waals surface area (Å²) in [5, 5.41) is 29.6. The molecule has 12 heteroatoms. The van der Waals surface area contributed by atoms with E-state index in [4.69, 9.17) is 33.1 Å². The number of carbonyl (C=O) groups is 1. The number of rotatable bonds is 3. The van der Waals surface area contributed by atoms with Gasteiger partial charge in [0.25, 0.3) is 0 Å². The zero-order valence-corrected chi connectivity index (χ0v) is 17.3. The third-order valence-corrected chi connectivity index (χ3v) is 4.69. The molecule has 1 aliphatic heterocycles. The molecular formula is C18H19Cl2F3N4O3. The SMILES string of the molecule is CN1CCC[C@@H](Nc2ccc(-c3c(O)cc(Cl)cc3Cl)nn2)C1.O=C(O)C(F)(F)F. The van der Waals surface area contributed by atoms with Gasteiger partial charge < -0.3 is 20.4 Å². The van der Waals surface area contributed by atoms with Gasteiger partial charge in [-0.05, 0) is 50.7 Å². The van der Waals surface area contributed by atoms with Crippen LogP contribution in [0, 0.1) is 0 Å². The number of nitrogens with zero attached hydrogens (tertiary/aromatic N) is 3. The number of likely N-dealkylation sites (tertiary alicyclic amines) is 1. The number of phenolic OH excluding ortho intramolecular Hbond substituents is 1. The number of aliphatic carboxylic acids is 1. The van der Waals surface area contributed by atoms with Gasteiger partial charge in [-0.25, -0.2) is 4.79 Å². The average Bonchev–Trinajstić information content (AvgIpc) is 2.62. The van der Waals surface area contributed by atoms with Crippen LogP contribution in [0.4, 0.5) is 19.0 Å². The van der Waals surface area contributed by atoms with Crippen LogP contribution < -0.4 is 5.32 Å². The molecule has 1 aromatic heterocycles. The molecule has 0 saturated carbocycles. The number of anilines is 1. The van der Waals surface area contributed by atoms with Crippen LogP contribution in [-0.4, -0.2) is 63.6 Å². The number of nitrogens with one attached hydrogen (secondary N) is 1. The summed E-state index contributed by atoms with van der Waals surface area (Å²) >= 11 is 12.0. The van der Waals surface area contributed by atoms with Crippen LogP contribution in [0.2, 0.25) is 10.0 Å². The monoisotopic (exact) mass is 466 g/mol. The molecule has 164 valence electrons.